The molecule has 0 saturated heterocycles. The molecule has 2 heterocycles. The Hall–Kier alpha value is -2.42. The fraction of sp³-hybridized carbons (Fsp3) is 0.292. The van der Waals surface area contributed by atoms with Crippen molar-refractivity contribution in [2.45, 2.75) is 43.2 Å². The number of benzene rings is 2. The number of hydrogen-bond donors (Lipinski definition) is 1. The summed E-state index contributed by atoms with van der Waals surface area (Å²) < 4.78 is 34.6. The molecule has 1 amide bonds. The molecule has 0 spiro atoms. The quantitative estimate of drug-likeness (QED) is 0.502. The van der Waals surface area contributed by atoms with Crippen LogP contribution in [-0.2, 0) is 27.7 Å². The predicted octanol–water partition coefficient (Wildman–Crippen LogP) is 4.47. The van der Waals surface area contributed by atoms with Crippen molar-refractivity contribution in [1.29, 1.82) is 0 Å². The predicted molar refractivity (Wildman–Crippen MR) is 126 cm³/mol. The minimum atomic E-state index is -3.77. The normalized spacial score (nSPS) is 17.5. The van der Waals surface area contributed by atoms with Crippen molar-refractivity contribution in [2.75, 3.05) is 6.54 Å². The smallest absolute Gasteiger partial charge is 0.243 e. The van der Waals surface area contributed by atoms with Crippen molar-refractivity contribution in [3.8, 4) is 0 Å². The van der Waals surface area contributed by atoms with Crippen LogP contribution < -0.4 is 5.32 Å². The van der Waals surface area contributed by atoms with E-state index in [9.17, 15) is 13.2 Å². The van der Waals surface area contributed by atoms with Crippen LogP contribution in [0.1, 0.15) is 36.3 Å². The van der Waals surface area contributed by atoms with Gasteiger partial charge in [-0.1, -0.05) is 40.2 Å². The highest BCUT2D eigenvalue weighted by Gasteiger charge is 2.37. The molecule has 0 unspecified atom stereocenters. The number of rotatable bonds is 7. The lowest BCUT2D eigenvalue weighted by atomic mass is 9.92. The van der Waals surface area contributed by atoms with E-state index in [0.29, 0.717) is 19.4 Å². The number of nitrogens with zero attached hydrogens (tertiary/aromatic N) is 1. The van der Waals surface area contributed by atoms with Crippen LogP contribution >= 0.6 is 15.9 Å². The monoisotopic (exact) mass is 516 g/mol. The van der Waals surface area contributed by atoms with E-state index in [-0.39, 0.29) is 23.3 Å². The molecule has 2 atom stereocenters. The Balaban J connectivity index is 1.58. The number of amides is 1. The number of fused-ring (bicyclic) bond motifs is 1. The van der Waals surface area contributed by atoms with Crippen LogP contribution in [0.25, 0.3) is 0 Å². The fourth-order valence-corrected chi connectivity index (χ4v) is 6.03. The standard InChI is InChI=1S/C24H25BrN2O4S/c1-17(15-20-6-4-14-31-20)26-24(28)16-23-22-7-3-2-5-18(22)12-13-27(23)32(29,30)21-10-8-19(25)9-11-21/h2-11,14,17,23H,12-13,15-16H2,1H3,(H,26,28)/t17-,23-/m1/s1. The molecule has 8 heteroatoms. The van der Waals surface area contributed by atoms with Gasteiger partial charge in [0.15, 0.2) is 0 Å². The number of nitrogens with one attached hydrogen (secondary N) is 1. The van der Waals surface area contributed by atoms with Gasteiger partial charge >= 0.3 is 0 Å². The van der Waals surface area contributed by atoms with Crippen LogP contribution in [0.5, 0.6) is 0 Å². The van der Waals surface area contributed by atoms with Crippen LogP contribution in [0.4, 0.5) is 0 Å². The minimum absolute atomic E-state index is 0.0509. The maximum atomic E-state index is 13.5. The number of furan rings is 1. The molecule has 6 nitrogen and oxygen atoms in total. The van der Waals surface area contributed by atoms with Gasteiger partial charge in [0.25, 0.3) is 0 Å². The van der Waals surface area contributed by atoms with Crippen molar-refractivity contribution in [3.63, 3.8) is 0 Å². The number of carbonyl (C=O) groups excluding carboxylic acids is 1. The van der Waals surface area contributed by atoms with Crippen LogP contribution in [-0.4, -0.2) is 31.2 Å². The van der Waals surface area contributed by atoms with E-state index in [1.165, 1.54) is 4.31 Å². The van der Waals surface area contributed by atoms with Gasteiger partial charge in [0.05, 0.1) is 17.2 Å². The average molecular weight is 517 g/mol. The topological polar surface area (TPSA) is 79.6 Å². The highest BCUT2D eigenvalue weighted by molar-refractivity contribution is 9.10. The third-order valence-electron chi connectivity index (χ3n) is 5.66. The minimum Gasteiger partial charge on any atom is -0.469 e. The zero-order valence-corrected chi connectivity index (χ0v) is 20.1. The van der Waals surface area contributed by atoms with Crippen LogP contribution in [0.2, 0.25) is 0 Å². The summed E-state index contributed by atoms with van der Waals surface area (Å²) in [6, 6.07) is 17.3. The number of halogens is 1. The van der Waals surface area contributed by atoms with Gasteiger partial charge in [0, 0.05) is 29.9 Å². The first kappa shape index (κ1) is 22.8. The van der Waals surface area contributed by atoms with E-state index < -0.39 is 16.1 Å². The summed E-state index contributed by atoms with van der Waals surface area (Å²) in [5.74, 6) is 0.599. The third kappa shape index (κ3) is 4.98. The van der Waals surface area contributed by atoms with Gasteiger partial charge in [-0.05, 0) is 60.9 Å². The second-order valence-electron chi connectivity index (χ2n) is 7.99. The lowest BCUT2D eigenvalue weighted by Gasteiger charge is -2.36. The first-order chi connectivity index (χ1) is 15.3. The highest BCUT2D eigenvalue weighted by atomic mass is 79.9. The van der Waals surface area contributed by atoms with Crippen LogP contribution in [0.3, 0.4) is 0 Å². The van der Waals surface area contributed by atoms with E-state index in [4.69, 9.17) is 4.42 Å². The molecule has 168 valence electrons. The average Bonchev–Trinajstić information content (AvgIpc) is 3.27. The molecule has 0 saturated carbocycles. The first-order valence-electron chi connectivity index (χ1n) is 10.5. The molecule has 0 bridgehead atoms. The number of sulfonamides is 1. The number of hydrogen-bond acceptors (Lipinski definition) is 4. The lowest BCUT2D eigenvalue weighted by Crippen LogP contribution is -2.43. The van der Waals surface area contributed by atoms with Gasteiger partial charge < -0.3 is 9.73 Å². The second-order valence-corrected chi connectivity index (χ2v) is 10.8. The maximum absolute atomic E-state index is 13.5. The molecule has 0 fully saturated rings. The van der Waals surface area contributed by atoms with Gasteiger partial charge in [0.1, 0.15) is 5.76 Å². The van der Waals surface area contributed by atoms with Crippen molar-refractivity contribution < 1.29 is 17.6 Å². The van der Waals surface area contributed by atoms with Crippen molar-refractivity contribution in [2.24, 2.45) is 0 Å². The van der Waals surface area contributed by atoms with Crippen molar-refractivity contribution >= 4 is 31.9 Å². The van der Waals surface area contributed by atoms with Gasteiger partial charge in [0.2, 0.25) is 15.9 Å². The summed E-state index contributed by atoms with van der Waals surface area (Å²) in [7, 11) is -3.77. The summed E-state index contributed by atoms with van der Waals surface area (Å²) in [5.41, 5.74) is 1.96. The Kier molecular flexibility index (Phi) is 6.83. The molecule has 1 aromatic heterocycles. The molecule has 0 aliphatic carbocycles. The molecule has 1 aliphatic heterocycles. The third-order valence-corrected chi connectivity index (χ3v) is 8.11. The van der Waals surface area contributed by atoms with Gasteiger partial charge in [-0.3, -0.25) is 4.79 Å². The molecular weight excluding hydrogens is 492 g/mol. The van der Waals surface area contributed by atoms with Crippen molar-refractivity contribution in [1.82, 2.24) is 9.62 Å². The maximum Gasteiger partial charge on any atom is 0.243 e. The summed E-state index contributed by atoms with van der Waals surface area (Å²) >= 11 is 3.35. The Morgan fingerprint density at radius 3 is 2.62 bits per heavy atom. The number of carbonyl (C=O) groups is 1. The molecular formula is C24H25BrN2O4S. The SMILES string of the molecule is C[C@H](Cc1ccco1)NC(=O)C[C@@H]1c2ccccc2CCN1S(=O)(=O)c1ccc(Br)cc1. The van der Waals surface area contributed by atoms with E-state index in [2.05, 4.69) is 21.2 Å². The first-order valence-corrected chi connectivity index (χ1v) is 12.7. The molecule has 4 rings (SSSR count). The largest absolute Gasteiger partial charge is 0.469 e. The van der Waals surface area contributed by atoms with Gasteiger partial charge in [-0.2, -0.15) is 4.31 Å². The Morgan fingerprint density at radius 2 is 1.91 bits per heavy atom. The van der Waals surface area contributed by atoms with E-state index in [1.807, 2.05) is 43.3 Å². The molecule has 2 aromatic carbocycles. The molecule has 1 N–H and O–H groups in total. The van der Waals surface area contributed by atoms with Crippen molar-refractivity contribution in [3.05, 3.63) is 88.3 Å². The van der Waals surface area contributed by atoms with Crippen LogP contribution in [0, 0.1) is 0 Å². The Morgan fingerprint density at radius 1 is 1.16 bits per heavy atom. The lowest BCUT2D eigenvalue weighted by molar-refractivity contribution is -0.122. The zero-order chi connectivity index (χ0) is 22.7. The molecule has 1 aliphatic rings. The summed E-state index contributed by atoms with van der Waals surface area (Å²) in [6.07, 6.45) is 2.84. The second kappa shape index (κ2) is 9.60. The molecule has 3 aromatic rings. The Bertz CT molecular complexity index is 1180. The van der Waals surface area contributed by atoms with Gasteiger partial charge in [-0.25, -0.2) is 8.42 Å². The highest BCUT2D eigenvalue weighted by Crippen LogP contribution is 2.36. The molecule has 32 heavy (non-hydrogen) atoms. The molecule has 0 radical (unpaired) electrons. The van der Waals surface area contributed by atoms with Gasteiger partial charge in [-0.15, -0.1) is 0 Å². The zero-order valence-electron chi connectivity index (χ0n) is 17.7. The fourth-order valence-electron chi connectivity index (χ4n) is 4.16. The van der Waals surface area contributed by atoms with E-state index in [0.717, 1.165) is 21.4 Å². The summed E-state index contributed by atoms with van der Waals surface area (Å²) in [6.45, 7) is 2.24. The Labute approximate surface area is 196 Å². The summed E-state index contributed by atoms with van der Waals surface area (Å²) in [5, 5.41) is 2.99. The summed E-state index contributed by atoms with van der Waals surface area (Å²) in [4.78, 5) is 13.2. The van der Waals surface area contributed by atoms with Crippen LogP contribution in [0.15, 0.2) is 80.7 Å². The van der Waals surface area contributed by atoms with E-state index >= 15 is 0 Å². The van der Waals surface area contributed by atoms with E-state index in [1.54, 1.807) is 30.5 Å².